The van der Waals surface area contributed by atoms with Crippen LogP contribution in [0.5, 0.6) is 0 Å². The molecule has 1 aromatic rings. The van der Waals surface area contributed by atoms with Gasteiger partial charge in [0.1, 0.15) is 11.9 Å². The number of hydrogen-bond donors (Lipinski definition) is 2. The number of morpholine rings is 1. The molecule has 7 heteroatoms. The number of carbonyl (C=O) groups excluding carboxylic acids is 1. The fourth-order valence-electron chi connectivity index (χ4n) is 1.64. The second-order valence-corrected chi connectivity index (χ2v) is 3.46. The van der Waals surface area contributed by atoms with E-state index in [-0.39, 0.29) is 12.6 Å². The zero-order chi connectivity index (χ0) is 11.5. The summed E-state index contributed by atoms with van der Waals surface area (Å²) in [6.07, 6.45) is 1.55. The van der Waals surface area contributed by atoms with E-state index in [9.17, 15) is 4.79 Å². The Morgan fingerprint density at radius 3 is 3.12 bits per heavy atom. The number of nitrogen functional groups attached to an aromatic ring is 1. The second kappa shape index (κ2) is 4.31. The lowest BCUT2D eigenvalue weighted by atomic mass is 10.2. The Morgan fingerprint density at radius 2 is 2.44 bits per heavy atom. The lowest BCUT2D eigenvalue weighted by molar-refractivity contribution is -0.121. The standard InChI is InChI=1S/C9H13N5O2/c10-8(15)6-5-16-4-3-14(6)7-1-2-12-9(11)13-7/h1-2,6H,3-5H2,(H2,10,15)(H2,11,12,13). The average Bonchev–Trinajstić information content (AvgIpc) is 2.29. The molecule has 0 spiro atoms. The van der Waals surface area contributed by atoms with E-state index in [1.165, 1.54) is 0 Å². The molecule has 2 heterocycles. The number of hydrogen-bond acceptors (Lipinski definition) is 6. The van der Waals surface area contributed by atoms with Crippen molar-refractivity contribution >= 4 is 17.7 Å². The summed E-state index contributed by atoms with van der Waals surface area (Å²) in [4.78, 5) is 20.9. The number of primary amides is 1. The molecule has 1 aliphatic heterocycles. The summed E-state index contributed by atoms with van der Waals surface area (Å²) in [6.45, 7) is 1.37. The lowest BCUT2D eigenvalue weighted by Crippen LogP contribution is -2.53. The molecule has 2 rings (SSSR count). The predicted octanol–water partition coefficient (Wildman–Crippen LogP) is -1.25. The molecule has 7 nitrogen and oxygen atoms in total. The van der Waals surface area contributed by atoms with Gasteiger partial charge in [-0.1, -0.05) is 0 Å². The normalized spacial score (nSPS) is 20.8. The molecule has 0 radical (unpaired) electrons. The number of anilines is 2. The highest BCUT2D eigenvalue weighted by Gasteiger charge is 2.28. The van der Waals surface area contributed by atoms with Gasteiger partial charge in [0.15, 0.2) is 0 Å². The molecule has 1 aromatic heterocycles. The number of amides is 1. The van der Waals surface area contributed by atoms with E-state index in [4.69, 9.17) is 16.2 Å². The van der Waals surface area contributed by atoms with Crippen LogP contribution >= 0.6 is 0 Å². The van der Waals surface area contributed by atoms with Crippen molar-refractivity contribution in [2.24, 2.45) is 5.73 Å². The third kappa shape index (κ3) is 2.03. The molecule has 0 aliphatic carbocycles. The van der Waals surface area contributed by atoms with E-state index < -0.39 is 11.9 Å². The summed E-state index contributed by atoms with van der Waals surface area (Å²) in [7, 11) is 0. The number of ether oxygens (including phenoxy) is 1. The Kier molecular flexibility index (Phi) is 2.86. The minimum Gasteiger partial charge on any atom is -0.377 e. The van der Waals surface area contributed by atoms with Crippen LogP contribution in [-0.2, 0) is 9.53 Å². The van der Waals surface area contributed by atoms with Gasteiger partial charge in [-0.25, -0.2) is 4.98 Å². The highest BCUT2D eigenvalue weighted by atomic mass is 16.5. The van der Waals surface area contributed by atoms with Crippen molar-refractivity contribution in [1.82, 2.24) is 9.97 Å². The predicted molar refractivity (Wildman–Crippen MR) is 57.6 cm³/mol. The summed E-state index contributed by atoms with van der Waals surface area (Å²) in [6, 6.07) is 1.19. The molecule has 0 saturated carbocycles. The zero-order valence-electron chi connectivity index (χ0n) is 8.67. The van der Waals surface area contributed by atoms with Gasteiger partial charge in [-0.05, 0) is 6.07 Å². The topological polar surface area (TPSA) is 107 Å². The summed E-state index contributed by atoms with van der Waals surface area (Å²) in [5, 5.41) is 0. The highest BCUT2D eigenvalue weighted by Crippen LogP contribution is 2.17. The van der Waals surface area contributed by atoms with Crippen molar-refractivity contribution in [3.63, 3.8) is 0 Å². The fourth-order valence-corrected chi connectivity index (χ4v) is 1.64. The molecule has 1 fully saturated rings. The monoisotopic (exact) mass is 223 g/mol. The highest BCUT2D eigenvalue weighted by molar-refractivity contribution is 5.83. The first-order chi connectivity index (χ1) is 7.68. The van der Waals surface area contributed by atoms with Crippen LogP contribution < -0.4 is 16.4 Å². The Bertz CT molecular complexity index is 397. The Labute approximate surface area is 92.4 Å². The van der Waals surface area contributed by atoms with E-state index in [1.54, 1.807) is 17.2 Å². The van der Waals surface area contributed by atoms with Gasteiger partial charge in [0.2, 0.25) is 11.9 Å². The van der Waals surface area contributed by atoms with Gasteiger partial charge in [0.05, 0.1) is 13.2 Å². The molecule has 0 bridgehead atoms. The van der Waals surface area contributed by atoms with Crippen molar-refractivity contribution in [2.75, 3.05) is 30.4 Å². The van der Waals surface area contributed by atoms with Crippen LogP contribution in [0.15, 0.2) is 12.3 Å². The minimum atomic E-state index is -0.497. The van der Waals surface area contributed by atoms with Crippen LogP contribution in [0.3, 0.4) is 0 Å². The van der Waals surface area contributed by atoms with E-state index in [0.29, 0.717) is 19.0 Å². The van der Waals surface area contributed by atoms with Gasteiger partial charge in [-0.2, -0.15) is 4.98 Å². The van der Waals surface area contributed by atoms with Crippen LogP contribution in [0.4, 0.5) is 11.8 Å². The minimum absolute atomic E-state index is 0.173. The maximum atomic E-state index is 11.2. The largest absolute Gasteiger partial charge is 0.377 e. The van der Waals surface area contributed by atoms with Gasteiger partial charge in [0, 0.05) is 12.7 Å². The lowest BCUT2D eigenvalue weighted by Gasteiger charge is -2.34. The van der Waals surface area contributed by atoms with Crippen LogP contribution in [0.1, 0.15) is 0 Å². The zero-order valence-corrected chi connectivity index (χ0v) is 8.67. The molecule has 16 heavy (non-hydrogen) atoms. The van der Waals surface area contributed by atoms with Crippen LogP contribution in [0, 0.1) is 0 Å². The first-order valence-electron chi connectivity index (χ1n) is 4.90. The van der Waals surface area contributed by atoms with Crippen molar-refractivity contribution in [3.05, 3.63) is 12.3 Å². The molecule has 1 aliphatic rings. The maximum absolute atomic E-state index is 11.2. The SMILES string of the molecule is NC(=O)C1COCCN1c1ccnc(N)n1. The number of carbonyl (C=O) groups is 1. The summed E-state index contributed by atoms with van der Waals surface area (Å²) in [5.74, 6) is 0.337. The van der Waals surface area contributed by atoms with Gasteiger partial charge < -0.3 is 21.1 Å². The smallest absolute Gasteiger partial charge is 0.242 e. The fraction of sp³-hybridized carbons (Fsp3) is 0.444. The summed E-state index contributed by atoms with van der Waals surface area (Å²) >= 11 is 0. The molecule has 86 valence electrons. The number of aromatic nitrogens is 2. The maximum Gasteiger partial charge on any atom is 0.242 e. The Balaban J connectivity index is 2.26. The third-order valence-corrected chi connectivity index (χ3v) is 2.41. The van der Waals surface area contributed by atoms with E-state index in [1.807, 2.05) is 0 Å². The summed E-state index contributed by atoms with van der Waals surface area (Å²) < 4.78 is 5.21. The van der Waals surface area contributed by atoms with E-state index >= 15 is 0 Å². The molecule has 1 amide bonds. The number of rotatable bonds is 2. The van der Waals surface area contributed by atoms with Gasteiger partial charge in [-0.3, -0.25) is 4.79 Å². The second-order valence-electron chi connectivity index (χ2n) is 3.46. The summed E-state index contributed by atoms with van der Waals surface area (Å²) in [5.41, 5.74) is 10.8. The molecular weight excluding hydrogens is 210 g/mol. The average molecular weight is 223 g/mol. The Morgan fingerprint density at radius 1 is 1.62 bits per heavy atom. The first-order valence-corrected chi connectivity index (χ1v) is 4.90. The first kappa shape index (κ1) is 10.6. The van der Waals surface area contributed by atoms with Crippen LogP contribution in [0.25, 0.3) is 0 Å². The van der Waals surface area contributed by atoms with Crippen molar-refractivity contribution in [3.8, 4) is 0 Å². The van der Waals surface area contributed by atoms with Gasteiger partial charge >= 0.3 is 0 Å². The molecule has 1 unspecified atom stereocenters. The number of nitrogens with zero attached hydrogens (tertiary/aromatic N) is 3. The third-order valence-electron chi connectivity index (χ3n) is 2.41. The van der Waals surface area contributed by atoms with Crippen molar-refractivity contribution in [1.29, 1.82) is 0 Å². The molecule has 1 saturated heterocycles. The molecule has 4 N–H and O–H groups in total. The van der Waals surface area contributed by atoms with Gasteiger partial charge in [-0.15, -0.1) is 0 Å². The van der Waals surface area contributed by atoms with Gasteiger partial charge in [0.25, 0.3) is 0 Å². The van der Waals surface area contributed by atoms with Crippen molar-refractivity contribution in [2.45, 2.75) is 6.04 Å². The quantitative estimate of drug-likeness (QED) is 0.648. The number of nitrogens with two attached hydrogens (primary N) is 2. The molecule has 0 aromatic carbocycles. The van der Waals surface area contributed by atoms with E-state index in [0.717, 1.165) is 0 Å². The molecule has 1 atom stereocenters. The van der Waals surface area contributed by atoms with E-state index in [2.05, 4.69) is 9.97 Å². The van der Waals surface area contributed by atoms with Crippen LogP contribution in [-0.4, -0.2) is 41.7 Å². The van der Waals surface area contributed by atoms with Crippen LogP contribution in [0.2, 0.25) is 0 Å². The van der Waals surface area contributed by atoms with Crippen molar-refractivity contribution < 1.29 is 9.53 Å². The molecular formula is C9H13N5O2. The Hall–Kier alpha value is -1.89.